The summed E-state index contributed by atoms with van der Waals surface area (Å²) < 4.78 is 17.8. The first kappa shape index (κ1) is 17.0. The van der Waals surface area contributed by atoms with Crippen molar-refractivity contribution in [3.05, 3.63) is 12.2 Å². The van der Waals surface area contributed by atoms with E-state index in [0.717, 1.165) is 23.7 Å². The molecular formula is C19H26O4S2. The number of carbonyl (C=O) groups is 1. The Morgan fingerprint density at radius 2 is 1.96 bits per heavy atom. The lowest BCUT2D eigenvalue weighted by Crippen LogP contribution is -2.38. The van der Waals surface area contributed by atoms with Crippen molar-refractivity contribution >= 4 is 29.5 Å². The third-order valence-corrected chi connectivity index (χ3v) is 11.1. The molecule has 6 aliphatic rings. The molecule has 1 spiro atoms. The molecule has 2 saturated heterocycles. The molecule has 6 fully saturated rings. The lowest BCUT2D eigenvalue weighted by Gasteiger charge is -2.41. The van der Waals surface area contributed by atoms with Crippen molar-refractivity contribution < 1.29 is 19.0 Å². The molecule has 0 aromatic carbocycles. The molecule has 4 aliphatic carbocycles. The first-order chi connectivity index (χ1) is 12.0. The second-order valence-corrected chi connectivity index (χ2v) is 11.4. The number of hydrogen-bond donors (Lipinski definition) is 0. The Labute approximate surface area is 157 Å². The van der Waals surface area contributed by atoms with Gasteiger partial charge in [-0.05, 0) is 63.2 Å². The average Bonchev–Trinajstić information content (AvgIpc) is 3.23. The van der Waals surface area contributed by atoms with Crippen LogP contribution in [0.15, 0.2) is 12.2 Å². The number of esters is 1. The van der Waals surface area contributed by atoms with Crippen molar-refractivity contribution in [1.82, 2.24) is 0 Å². The van der Waals surface area contributed by atoms with Gasteiger partial charge in [0.25, 0.3) is 0 Å². The van der Waals surface area contributed by atoms with Gasteiger partial charge < -0.3 is 14.2 Å². The van der Waals surface area contributed by atoms with Crippen molar-refractivity contribution in [2.45, 2.75) is 66.7 Å². The zero-order valence-corrected chi connectivity index (χ0v) is 16.4. The minimum absolute atomic E-state index is 0.170. The molecular weight excluding hydrogens is 356 g/mol. The molecule has 4 bridgehead atoms. The predicted molar refractivity (Wildman–Crippen MR) is 99.1 cm³/mol. The van der Waals surface area contributed by atoms with Gasteiger partial charge in [-0.2, -0.15) is 0 Å². The van der Waals surface area contributed by atoms with Crippen LogP contribution in [-0.4, -0.2) is 39.7 Å². The summed E-state index contributed by atoms with van der Waals surface area (Å²) >= 11 is 4.16. The Bertz CT molecular complexity index is 606. The van der Waals surface area contributed by atoms with Gasteiger partial charge in [0.05, 0.1) is 14.6 Å². The van der Waals surface area contributed by atoms with Gasteiger partial charge in [-0.25, -0.2) is 4.79 Å². The van der Waals surface area contributed by atoms with Gasteiger partial charge in [-0.3, -0.25) is 0 Å². The molecule has 0 aromatic rings. The van der Waals surface area contributed by atoms with E-state index in [1.54, 1.807) is 6.92 Å². The number of carbonyl (C=O) groups excluding carboxylic acids is 1. The topological polar surface area (TPSA) is 44.8 Å². The predicted octanol–water partition coefficient (Wildman–Crippen LogP) is 3.80. The van der Waals surface area contributed by atoms with Crippen LogP contribution in [0.5, 0.6) is 0 Å². The van der Waals surface area contributed by atoms with Crippen LogP contribution in [0.1, 0.15) is 39.5 Å². The summed E-state index contributed by atoms with van der Waals surface area (Å²) in [5.41, 5.74) is 0.420. The quantitative estimate of drug-likeness (QED) is 0.544. The highest BCUT2D eigenvalue weighted by atomic mass is 32.2. The number of hydrogen-bond acceptors (Lipinski definition) is 6. The summed E-state index contributed by atoms with van der Waals surface area (Å²) in [5, 5.41) is 0.425. The highest BCUT2D eigenvalue weighted by Crippen LogP contribution is 2.76. The maximum atomic E-state index is 12.1. The van der Waals surface area contributed by atoms with Gasteiger partial charge in [-0.1, -0.05) is 6.58 Å². The van der Waals surface area contributed by atoms with Crippen molar-refractivity contribution in [1.29, 1.82) is 0 Å². The molecule has 2 aliphatic heterocycles. The molecule has 6 rings (SSSR count). The third kappa shape index (κ3) is 2.40. The smallest absolute Gasteiger partial charge is 0.335 e. The highest BCUT2D eigenvalue weighted by molar-refractivity contribution is 8.22. The molecule has 4 saturated carbocycles. The lowest BCUT2D eigenvalue weighted by atomic mass is 9.81. The van der Waals surface area contributed by atoms with E-state index in [0.29, 0.717) is 16.3 Å². The average molecular weight is 383 g/mol. The zero-order chi connectivity index (χ0) is 17.3. The van der Waals surface area contributed by atoms with Gasteiger partial charge >= 0.3 is 5.97 Å². The molecule has 9 atom stereocenters. The molecule has 2 heterocycles. The first-order valence-electron chi connectivity index (χ1n) is 9.51. The summed E-state index contributed by atoms with van der Waals surface area (Å²) in [7, 11) is 0. The van der Waals surface area contributed by atoms with E-state index in [4.69, 9.17) is 14.2 Å². The molecule has 9 unspecified atom stereocenters. The number of ether oxygens (including phenoxy) is 3. The Morgan fingerprint density at radius 3 is 2.64 bits per heavy atom. The first-order valence-corrected chi connectivity index (χ1v) is 11.3. The van der Waals surface area contributed by atoms with Crippen LogP contribution in [0.4, 0.5) is 0 Å². The second-order valence-electron chi connectivity index (χ2n) is 8.27. The van der Waals surface area contributed by atoms with Gasteiger partial charge in [0.1, 0.15) is 0 Å². The van der Waals surface area contributed by atoms with Crippen LogP contribution in [-0.2, 0) is 19.0 Å². The largest absolute Gasteiger partial charge is 0.431 e. The number of thioether (sulfide) groups is 2. The summed E-state index contributed by atoms with van der Waals surface area (Å²) in [6.07, 6.45) is 4.85. The molecule has 0 aromatic heterocycles. The van der Waals surface area contributed by atoms with Gasteiger partial charge in [0.15, 0.2) is 6.29 Å². The van der Waals surface area contributed by atoms with Crippen LogP contribution in [0.3, 0.4) is 0 Å². The van der Waals surface area contributed by atoms with E-state index in [1.165, 1.54) is 25.7 Å². The molecule has 25 heavy (non-hydrogen) atoms. The Morgan fingerprint density at radius 1 is 1.20 bits per heavy atom. The Kier molecular flexibility index (Phi) is 4.01. The van der Waals surface area contributed by atoms with Crippen LogP contribution >= 0.6 is 23.5 Å². The normalized spacial score (nSPS) is 52.1. The number of fused-ring (bicyclic) bond motifs is 1. The summed E-state index contributed by atoms with van der Waals surface area (Å²) in [4.78, 5) is 12.1. The molecule has 0 N–H and O–H groups in total. The fraction of sp³-hybridized carbons (Fsp3) is 0.842. The van der Waals surface area contributed by atoms with Crippen LogP contribution < -0.4 is 0 Å². The summed E-state index contributed by atoms with van der Waals surface area (Å²) in [6.45, 7) is 7.99. The molecule has 138 valence electrons. The molecule has 4 nitrogen and oxygen atoms in total. The van der Waals surface area contributed by atoms with Gasteiger partial charge in [0.2, 0.25) is 6.29 Å². The molecule has 6 heteroatoms. The van der Waals surface area contributed by atoms with Gasteiger partial charge in [0, 0.05) is 12.2 Å². The summed E-state index contributed by atoms with van der Waals surface area (Å²) in [5.74, 6) is 3.18. The van der Waals surface area contributed by atoms with Crippen molar-refractivity contribution in [2.75, 3.05) is 6.61 Å². The van der Waals surface area contributed by atoms with Crippen molar-refractivity contribution in [3.8, 4) is 0 Å². The van der Waals surface area contributed by atoms with Gasteiger partial charge in [-0.15, -0.1) is 23.5 Å². The third-order valence-electron chi connectivity index (χ3n) is 6.76. The zero-order valence-electron chi connectivity index (χ0n) is 14.8. The van der Waals surface area contributed by atoms with E-state index < -0.39 is 6.29 Å². The molecule has 0 amide bonds. The SMILES string of the molecule is C=C(C)C(=O)OC1OC(OCC)C2SC3(SC12)C1CC2CC(C1)C3C2. The van der Waals surface area contributed by atoms with E-state index in [-0.39, 0.29) is 22.8 Å². The van der Waals surface area contributed by atoms with E-state index >= 15 is 0 Å². The summed E-state index contributed by atoms with van der Waals surface area (Å²) in [6, 6.07) is 0. The van der Waals surface area contributed by atoms with Crippen molar-refractivity contribution in [2.24, 2.45) is 23.7 Å². The highest BCUT2D eigenvalue weighted by Gasteiger charge is 2.70. The van der Waals surface area contributed by atoms with Crippen LogP contribution in [0.25, 0.3) is 0 Å². The maximum absolute atomic E-state index is 12.1. The van der Waals surface area contributed by atoms with Crippen LogP contribution in [0.2, 0.25) is 0 Å². The van der Waals surface area contributed by atoms with Crippen LogP contribution in [0, 0.1) is 23.7 Å². The Hall–Kier alpha value is -0.170. The molecule has 0 radical (unpaired) electrons. The maximum Gasteiger partial charge on any atom is 0.335 e. The standard InChI is InChI=1S/C19H26O4S2/c1-4-21-17-14-15(18(23-17)22-16(20)9(2)3)25-19(24-14)12-6-10-5-11(8-12)13(19)7-10/h10-15,17-18H,2,4-8H2,1,3H3. The minimum Gasteiger partial charge on any atom is -0.431 e. The fourth-order valence-corrected chi connectivity index (χ4v) is 10.7. The number of rotatable bonds is 4. The fourth-order valence-electron chi connectivity index (χ4n) is 5.94. The van der Waals surface area contributed by atoms with E-state index in [2.05, 4.69) is 30.1 Å². The lowest BCUT2D eigenvalue weighted by molar-refractivity contribution is -0.203. The van der Waals surface area contributed by atoms with E-state index in [1.807, 2.05) is 6.92 Å². The monoisotopic (exact) mass is 382 g/mol. The second kappa shape index (κ2) is 5.91. The van der Waals surface area contributed by atoms with E-state index in [9.17, 15) is 4.79 Å². The minimum atomic E-state index is -0.515. The van der Waals surface area contributed by atoms with Crippen molar-refractivity contribution in [3.63, 3.8) is 0 Å². The Balaban J connectivity index is 1.40.